The van der Waals surface area contributed by atoms with Crippen LogP contribution < -0.4 is 5.32 Å². The Morgan fingerprint density at radius 2 is 1.74 bits per heavy atom. The summed E-state index contributed by atoms with van der Waals surface area (Å²) in [4.78, 5) is 11.7. The molecule has 1 N–H and O–H groups in total. The molecular formula is C15H22ClNO2. The van der Waals surface area contributed by atoms with E-state index in [9.17, 15) is 4.79 Å². The number of hydrogen-bond donors (Lipinski definition) is 1. The van der Waals surface area contributed by atoms with E-state index < -0.39 is 11.7 Å². The molecule has 19 heavy (non-hydrogen) atoms. The molecule has 0 bridgehead atoms. The van der Waals surface area contributed by atoms with Gasteiger partial charge in [-0.15, -0.1) is 0 Å². The lowest BCUT2D eigenvalue weighted by Crippen LogP contribution is -2.27. The summed E-state index contributed by atoms with van der Waals surface area (Å²) in [6, 6.07) is 5.63. The quantitative estimate of drug-likeness (QED) is 0.789. The molecule has 106 valence electrons. The highest BCUT2D eigenvalue weighted by molar-refractivity contribution is 6.33. The van der Waals surface area contributed by atoms with E-state index >= 15 is 0 Å². The fraction of sp³-hybridized carbons (Fsp3) is 0.533. The number of amides is 1. The van der Waals surface area contributed by atoms with Crippen LogP contribution in [-0.4, -0.2) is 11.7 Å². The van der Waals surface area contributed by atoms with Crippen LogP contribution in [-0.2, 0) is 10.2 Å². The zero-order valence-corrected chi connectivity index (χ0v) is 13.2. The third-order valence-corrected chi connectivity index (χ3v) is 2.80. The van der Waals surface area contributed by atoms with Crippen LogP contribution in [0.3, 0.4) is 0 Å². The van der Waals surface area contributed by atoms with Crippen LogP contribution in [0.1, 0.15) is 47.1 Å². The molecule has 3 nitrogen and oxygen atoms in total. The highest BCUT2D eigenvalue weighted by atomic mass is 35.5. The van der Waals surface area contributed by atoms with Crippen molar-refractivity contribution in [3.05, 3.63) is 28.8 Å². The van der Waals surface area contributed by atoms with Gasteiger partial charge in [0.1, 0.15) is 5.60 Å². The van der Waals surface area contributed by atoms with E-state index in [2.05, 4.69) is 26.1 Å². The lowest BCUT2D eigenvalue weighted by atomic mass is 9.87. The summed E-state index contributed by atoms with van der Waals surface area (Å²) in [5, 5.41) is 3.19. The number of carbonyl (C=O) groups excluding carboxylic acids is 1. The van der Waals surface area contributed by atoms with Crippen molar-refractivity contribution < 1.29 is 9.53 Å². The number of ether oxygens (including phenoxy) is 1. The first-order valence-corrected chi connectivity index (χ1v) is 6.67. The molecule has 0 unspecified atom stereocenters. The molecule has 0 aliphatic heterocycles. The van der Waals surface area contributed by atoms with E-state index in [1.54, 1.807) is 6.07 Å². The van der Waals surface area contributed by atoms with Gasteiger partial charge < -0.3 is 4.74 Å². The summed E-state index contributed by atoms with van der Waals surface area (Å²) in [6.45, 7) is 11.8. The lowest BCUT2D eigenvalue weighted by Gasteiger charge is -2.22. The van der Waals surface area contributed by atoms with Crippen molar-refractivity contribution in [2.75, 3.05) is 5.32 Å². The number of rotatable bonds is 1. The third kappa shape index (κ3) is 5.11. The second-order valence-corrected chi connectivity index (χ2v) is 6.98. The van der Waals surface area contributed by atoms with Gasteiger partial charge in [-0.1, -0.05) is 38.4 Å². The molecule has 0 atom stereocenters. The molecule has 0 aliphatic carbocycles. The minimum Gasteiger partial charge on any atom is -0.444 e. The zero-order valence-electron chi connectivity index (χ0n) is 12.4. The maximum Gasteiger partial charge on any atom is 0.412 e. The number of anilines is 1. The van der Waals surface area contributed by atoms with Gasteiger partial charge in [-0.05, 0) is 43.9 Å². The summed E-state index contributed by atoms with van der Waals surface area (Å²) in [6.07, 6.45) is -0.500. The Balaban J connectivity index is 2.92. The third-order valence-electron chi connectivity index (χ3n) is 2.47. The van der Waals surface area contributed by atoms with Crippen LogP contribution in [0.4, 0.5) is 10.5 Å². The van der Waals surface area contributed by atoms with E-state index in [1.165, 1.54) is 0 Å². The second kappa shape index (κ2) is 5.41. The predicted octanol–water partition coefficient (Wildman–Crippen LogP) is 4.98. The fourth-order valence-electron chi connectivity index (χ4n) is 1.50. The van der Waals surface area contributed by atoms with Crippen molar-refractivity contribution >= 4 is 23.4 Å². The monoisotopic (exact) mass is 283 g/mol. The second-order valence-electron chi connectivity index (χ2n) is 6.57. The minimum absolute atomic E-state index is 0.00501. The Morgan fingerprint density at radius 3 is 2.21 bits per heavy atom. The number of hydrogen-bond acceptors (Lipinski definition) is 2. The van der Waals surface area contributed by atoms with Gasteiger partial charge in [0, 0.05) is 0 Å². The Bertz CT molecular complexity index is 470. The van der Waals surface area contributed by atoms with Crippen LogP contribution in [0.15, 0.2) is 18.2 Å². The minimum atomic E-state index is -0.530. The van der Waals surface area contributed by atoms with Crippen molar-refractivity contribution in [3.8, 4) is 0 Å². The number of benzene rings is 1. The standard InChI is InChI=1S/C15H22ClNO2/c1-14(2,3)10-7-8-11(16)12(9-10)17-13(18)19-15(4,5)6/h7-9H,1-6H3,(H,17,18). The molecule has 0 aromatic heterocycles. The fourth-order valence-corrected chi connectivity index (χ4v) is 1.67. The van der Waals surface area contributed by atoms with E-state index in [0.29, 0.717) is 10.7 Å². The van der Waals surface area contributed by atoms with Gasteiger partial charge in [-0.2, -0.15) is 0 Å². The van der Waals surface area contributed by atoms with E-state index in [1.807, 2.05) is 32.9 Å². The summed E-state index contributed by atoms with van der Waals surface area (Å²) in [7, 11) is 0. The first-order chi connectivity index (χ1) is 8.49. The molecule has 0 radical (unpaired) electrons. The molecule has 1 amide bonds. The normalized spacial score (nSPS) is 12.2. The molecule has 0 saturated heterocycles. The number of nitrogens with one attached hydrogen (secondary N) is 1. The van der Waals surface area contributed by atoms with Crippen molar-refractivity contribution in [3.63, 3.8) is 0 Å². The Morgan fingerprint density at radius 1 is 1.16 bits per heavy atom. The van der Waals surface area contributed by atoms with Crippen LogP contribution in [0.2, 0.25) is 5.02 Å². The topological polar surface area (TPSA) is 38.3 Å². The van der Waals surface area contributed by atoms with Gasteiger partial charge in [0.2, 0.25) is 0 Å². The van der Waals surface area contributed by atoms with Gasteiger partial charge in [-0.3, -0.25) is 5.32 Å². The Kier molecular flexibility index (Phi) is 4.51. The number of carbonyl (C=O) groups is 1. The molecular weight excluding hydrogens is 262 g/mol. The van der Waals surface area contributed by atoms with Crippen molar-refractivity contribution in [1.82, 2.24) is 0 Å². The molecule has 1 rings (SSSR count). The summed E-state index contributed by atoms with van der Waals surface area (Å²) in [5.41, 5.74) is 1.14. The van der Waals surface area contributed by atoms with Crippen LogP contribution in [0, 0.1) is 0 Å². The number of halogens is 1. The summed E-state index contributed by atoms with van der Waals surface area (Å²) in [5.74, 6) is 0. The van der Waals surface area contributed by atoms with Crippen LogP contribution >= 0.6 is 11.6 Å². The van der Waals surface area contributed by atoms with Gasteiger partial charge in [0.05, 0.1) is 10.7 Å². The van der Waals surface area contributed by atoms with Crippen LogP contribution in [0.5, 0.6) is 0 Å². The van der Waals surface area contributed by atoms with E-state index in [4.69, 9.17) is 16.3 Å². The summed E-state index contributed by atoms with van der Waals surface area (Å²) >= 11 is 6.09. The molecule has 0 spiro atoms. The van der Waals surface area contributed by atoms with Gasteiger partial charge in [-0.25, -0.2) is 4.79 Å². The Hall–Kier alpha value is -1.22. The molecule has 0 saturated carbocycles. The molecule has 4 heteroatoms. The molecule has 0 aliphatic rings. The van der Waals surface area contributed by atoms with Gasteiger partial charge in [0.25, 0.3) is 0 Å². The molecule has 0 heterocycles. The van der Waals surface area contributed by atoms with Gasteiger partial charge >= 0.3 is 6.09 Å². The SMILES string of the molecule is CC(C)(C)OC(=O)Nc1cc(C(C)(C)C)ccc1Cl. The molecule has 0 fully saturated rings. The van der Waals surface area contributed by atoms with E-state index in [0.717, 1.165) is 5.56 Å². The highest BCUT2D eigenvalue weighted by Gasteiger charge is 2.19. The lowest BCUT2D eigenvalue weighted by molar-refractivity contribution is 0.0636. The van der Waals surface area contributed by atoms with Crippen molar-refractivity contribution in [1.29, 1.82) is 0 Å². The van der Waals surface area contributed by atoms with Crippen molar-refractivity contribution in [2.45, 2.75) is 52.6 Å². The van der Waals surface area contributed by atoms with Crippen molar-refractivity contribution in [2.24, 2.45) is 0 Å². The molecule has 1 aromatic carbocycles. The predicted molar refractivity (Wildman–Crippen MR) is 80.0 cm³/mol. The average Bonchev–Trinajstić information content (AvgIpc) is 2.16. The van der Waals surface area contributed by atoms with E-state index in [-0.39, 0.29) is 5.41 Å². The zero-order chi connectivity index (χ0) is 14.8. The largest absolute Gasteiger partial charge is 0.444 e. The summed E-state index contributed by atoms with van der Waals surface area (Å²) < 4.78 is 5.21. The first kappa shape index (κ1) is 15.8. The van der Waals surface area contributed by atoms with Gasteiger partial charge in [0.15, 0.2) is 0 Å². The first-order valence-electron chi connectivity index (χ1n) is 6.29. The molecule has 1 aromatic rings. The smallest absolute Gasteiger partial charge is 0.412 e. The Labute approximate surface area is 120 Å². The maximum absolute atomic E-state index is 11.7. The maximum atomic E-state index is 11.7. The van der Waals surface area contributed by atoms with Crippen LogP contribution in [0.25, 0.3) is 0 Å². The highest BCUT2D eigenvalue weighted by Crippen LogP contribution is 2.30. The average molecular weight is 284 g/mol.